The summed E-state index contributed by atoms with van der Waals surface area (Å²) in [6, 6.07) is 0.574. The SMILES string of the molecule is Cc1cc(C(F)(F)F)nc(CCNC(=O)[C@H]2CC[C@@H](N)[C@H](O)C2)n1. The van der Waals surface area contributed by atoms with Gasteiger partial charge in [-0.2, -0.15) is 13.2 Å². The number of alkyl halides is 3. The second-order valence-electron chi connectivity index (χ2n) is 6.09. The van der Waals surface area contributed by atoms with Gasteiger partial charge >= 0.3 is 6.18 Å². The minimum atomic E-state index is -4.53. The van der Waals surface area contributed by atoms with Gasteiger partial charge in [-0.3, -0.25) is 4.79 Å². The van der Waals surface area contributed by atoms with E-state index in [1.807, 2.05) is 0 Å². The summed E-state index contributed by atoms with van der Waals surface area (Å²) < 4.78 is 38.1. The standard InChI is InChI=1S/C15H21F3N4O2/c1-8-6-12(15(16,17)18)22-13(21-8)4-5-20-14(24)9-2-3-10(19)11(23)7-9/h6,9-11,23H,2-5,7,19H2,1H3,(H,20,24)/t9-,10+,11+/m0/s1. The molecule has 134 valence electrons. The molecule has 1 fully saturated rings. The molecule has 1 saturated carbocycles. The smallest absolute Gasteiger partial charge is 0.391 e. The summed E-state index contributed by atoms with van der Waals surface area (Å²) in [7, 11) is 0. The van der Waals surface area contributed by atoms with E-state index in [4.69, 9.17) is 5.73 Å². The summed E-state index contributed by atoms with van der Waals surface area (Å²) in [5.74, 6) is -0.526. The molecular weight excluding hydrogens is 325 g/mol. The molecule has 1 amide bonds. The molecule has 2 rings (SSSR count). The van der Waals surface area contributed by atoms with Crippen LogP contribution in [-0.4, -0.2) is 39.7 Å². The minimum absolute atomic E-state index is 0.0355. The first-order valence-corrected chi connectivity index (χ1v) is 7.80. The van der Waals surface area contributed by atoms with Gasteiger partial charge in [-0.25, -0.2) is 9.97 Å². The number of nitrogens with two attached hydrogens (primary N) is 1. The highest BCUT2D eigenvalue weighted by Crippen LogP contribution is 2.28. The molecule has 1 heterocycles. The van der Waals surface area contributed by atoms with Gasteiger partial charge in [0.15, 0.2) is 0 Å². The molecule has 3 atom stereocenters. The number of aliphatic hydroxyl groups excluding tert-OH is 1. The first-order valence-electron chi connectivity index (χ1n) is 7.80. The maximum atomic E-state index is 12.7. The Kier molecular flexibility index (Phi) is 5.76. The largest absolute Gasteiger partial charge is 0.433 e. The number of nitrogens with one attached hydrogen (secondary N) is 1. The highest BCUT2D eigenvalue weighted by Gasteiger charge is 2.33. The third kappa shape index (κ3) is 4.88. The molecule has 1 aromatic rings. The summed E-state index contributed by atoms with van der Waals surface area (Å²) in [5.41, 5.74) is 4.93. The van der Waals surface area contributed by atoms with E-state index >= 15 is 0 Å². The number of carbonyl (C=O) groups excluding carboxylic acids is 1. The minimum Gasteiger partial charge on any atom is -0.391 e. The number of aryl methyl sites for hydroxylation is 1. The van der Waals surface area contributed by atoms with E-state index in [1.54, 1.807) is 0 Å². The molecule has 1 aromatic heterocycles. The van der Waals surface area contributed by atoms with Crippen molar-refractivity contribution < 1.29 is 23.1 Å². The van der Waals surface area contributed by atoms with Gasteiger partial charge in [0.05, 0.1) is 6.10 Å². The van der Waals surface area contributed by atoms with Crippen molar-refractivity contribution in [2.75, 3.05) is 6.54 Å². The Hall–Kier alpha value is -1.74. The Morgan fingerprint density at radius 1 is 1.42 bits per heavy atom. The summed E-state index contributed by atoms with van der Waals surface area (Å²) in [4.78, 5) is 19.5. The zero-order valence-corrected chi connectivity index (χ0v) is 13.3. The maximum absolute atomic E-state index is 12.7. The van der Waals surface area contributed by atoms with Gasteiger partial charge in [0.2, 0.25) is 5.91 Å². The molecule has 24 heavy (non-hydrogen) atoms. The van der Waals surface area contributed by atoms with Crippen molar-refractivity contribution in [2.24, 2.45) is 11.7 Å². The Bertz CT molecular complexity index is 595. The molecule has 0 radical (unpaired) electrons. The first-order chi connectivity index (χ1) is 11.2. The van der Waals surface area contributed by atoms with Crippen molar-refractivity contribution in [3.63, 3.8) is 0 Å². The van der Waals surface area contributed by atoms with E-state index in [9.17, 15) is 23.1 Å². The fraction of sp³-hybridized carbons (Fsp3) is 0.667. The number of aliphatic hydroxyl groups is 1. The van der Waals surface area contributed by atoms with E-state index in [0.717, 1.165) is 6.07 Å². The zero-order valence-electron chi connectivity index (χ0n) is 13.3. The highest BCUT2D eigenvalue weighted by atomic mass is 19.4. The lowest BCUT2D eigenvalue weighted by atomic mass is 9.84. The lowest BCUT2D eigenvalue weighted by Crippen LogP contribution is -2.44. The van der Waals surface area contributed by atoms with Crippen molar-refractivity contribution in [2.45, 2.75) is 50.9 Å². The Labute approximate surface area is 137 Å². The van der Waals surface area contributed by atoms with Gasteiger partial charge in [-0.1, -0.05) is 0 Å². The molecule has 6 nitrogen and oxygen atoms in total. The topological polar surface area (TPSA) is 101 Å². The van der Waals surface area contributed by atoms with Gasteiger partial charge in [0.25, 0.3) is 0 Å². The molecular formula is C15H21F3N4O2. The van der Waals surface area contributed by atoms with Crippen LogP contribution in [0.25, 0.3) is 0 Å². The number of nitrogens with zero attached hydrogens (tertiary/aromatic N) is 2. The fourth-order valence-electron chi connectivity index (χ4n) is 2.74. The molecule has 1 aliphatic rings. The van der Waals surface area contributed by atoms with Crippen LogP contribution in [-0.2, 0) is 17.4 Å². The quantitative estimate of drug-likeness (QED) is 0.754. The molecule has 0 bridgehead atoms. The van der Waals surface area contributed by atoms with Crippen molar-refractivity contribution in [1.82, 2.24) is 15.3 Å². The molecule has 0 saturated heterocycles. The molecule has 9 heteroatoms. The molecule has 4 N–H and O–H groups in total. The third-order valence-corrected chi connectivity index (χ3v) is 4.08. The molecule has 0 spiro atoms. The van der Waals surface area contributed by atoms with E-state index in [0.29, 0.717) is 19.3 Å². The number of hydrogen-bond acceptors (Lipinski definition) is 5. The van der Waals surface area contributed by atoms with Crippen LogP contribution in [0.3, 0.4) is 0 Å². The van der Waals surface area contributed by atoms with Crippen molar-refractivity contribution >= 4 is 5.91 Å². The molecule has 0 aromatic carbocycles. The van der Waals surface area contributed by atoms with Crippen LogP contribution in [0, 0.1) is 12.8 Å². The maximum Gasteiger partial charge on any atom is 0.433 e. The van der Waals surface area contributed by atoms with Crippen molar-refractivity contribution in [3.8, 4) is 0 Å². The van der Waals surface area contributed by atoms with E-state index < -0.39 is 18.0 Å². The average Bonchev–Trinajstić information content (AvgIpc) is 2.48. The number of halogens is 3. The van der Waals surface area contributed by atoms with E-state index in [1.165, 1.54) is 6.92 Å². The van der Waals surface area contributed by atoms with Crippen LogP contribution < -0.4 is 11.1 Å². The number of aromatic nitrogens is 2. The van der Waals surface area contributed by atoms with Gasteiger partial charge in [-0.05, 0) is 32.3 Å². The zero-order chi connectivity index (χ0) is 17.9. The number of hydrogen-bond donors (Lipinski definition) is 3. The predicted molar refractivity (Wildman–Crippen MR) is 79.8 cm³/mol. The van der Waals surface area contributed by atoms with Crippen molar-refractivity contribution in [1.29, 1.82) is 0 Å². The first kappa shape index (κ1) is 18.6. The Morgan fingerprint density at radius 3 is 2.75 bits per heavy atom. The Balaban J connectivity index is 1.88. The van der Waals surface area contributed by atoms with Crippen LogP contribution in [0.2, 0.25) is 0 Å². The van der Waals surface area contributed by atoms with Crippen molar-refractivity contribution in [3.05, 3.63) is 23.3 Å². The summed E-state index contributed by atoms with van der Waals surface area (Å²) in [6.07, 6.45) is -3.68. The molecule has 0 unspecified atom stereocenters. The van der Waals surface area contributed by atoms with Gasteiger partial charge in [-0.15, -0.1) is 0 Å². The lowest BCUT2D eigenvalue weighted by Gasteiger charge is -2.29. The predicted octanol–water partition coefficient (Wildman–Crippen LogP) is 0.951. The highest BCUT2D eigenvalue weighted by molar-refractivity contribution is 5.78. The lowest BCUT2D eigenvalue weighted by molar-refractivity contribution is -0.141. The average molecular weight is 346 g/mol. The fourth-order valence-corrected chi connectivity index (χ4v) is 2.74. The van der Waals surface area contributed by atoms with Crippen LogP contribution in [0.15, 0.2) is 6.07 Å². The molecule has 1 aliphatic carbocycles. The summed E-state index contributed by atoms with van der Waals surface area (Å²) in [5, 5.41) is 12.4. The monoisotopic (exact) mass is 346 g/mol. The second kappa shape index (κ2) is 7.43. The normalized spacial score (nSPS) is 24.7. The van der Waals surface area contributed by atoms with Gasteiger partial charge < -0.3 is 16.2 Å². The number of rotatable bonds is 4. The van der Waals surface area contributed by atoms with E-state index in [2.05, 4.69) is 15.3 Å². The second-order valence-corrected chi connectivity index (χ2v) is 6.09. The van der Waals surface area contributed by atoms with Crippen LogP contribution in [0.1, 0.15) is 36.5 Å². The molecule has 0 aliphatic heterocycles. The van der Waals surface area contributed by atoms with Crippen LogP contribution in [0.4, 0.5) is 13.2 Å². The van der Waals surface area contributed by atoms with E-state index in [-0.39, 0.29) is 42.4 Å². The van der Waals surface area contributed by atoms with Gasteiger partial charge in [0, 0.05) is 30.6 Å². The summed E-state index contributed by atoms with van der Waals surface area (Å²) in [6.45, 7) is 1.60. The van der Waals surface area contributed by atoms with Gasteiger partial charge in [0.1, 0.15) is 11.5 Å². The van der Waals surface area contributed by atoms with Crippen LogP contribution >= 0.6 is 0 Å². The number of amides is 1. The Morgan fingerprint density at radius 2 is 2.12 bits per heavy atom. The number of carbonyl (C=O) groups is 1. The summed E-state index contributed by atoms with van der Waals surface area (Å²) >= 11 is 0. The third-order valence-electron chi connectivity index (χ3n) is 4.08. The van der Waals surface area contributed by atoms with Crippen LogP contribution in [0.5, 0.6) is 0 Å².